The third-order valence-corrected chi connectivity index (χ3v) is 7.91. The van der Waals surface area contributed by atoms with Gasteiger partial charge in [-0.1, -0.05) is 30.0 Å². The third-order valence-electron chi connectivity index (χ3n) is 7.08. The first-order chi connectivity index (χ1) is 19.1. The number of carbonyl (C=O) groups is 2. The molecule has 39 heavy (non-hydrogen) atoms. The van der Waals surface area contributed by atoms with E-state index in [0.717, 1.165) is 22.2 Å². The van der Waals surface area contributed by atoms with Crippen molar-refractivity contribution in [3.8, 4) is 11.5 Å². The van der Waals surface area contributed by atoms with E-state index in [1.807, 2.05) is 53.4 Å². The Kier molecular flexibility index (Phi) is 7.10. The van der Waals surface area contributed by atoms with Crippen molar-refractivity contribution in [2.24, 2.45) is 0 Å². The van der Waals surface area contributed by atoms with Crippen LogP contribution in [0.4, 0.5) is 4.79 Å². The van der Waals surface area contributed by atoms with Crippen molar-refractivity contribution in [1.29, 1.82) is 0 Å². The van der Waals surface area contributed by atoms with Gasteiger partial charge in [0.2, 0.25) is 11.1 Å². The molecule has 4 aromatic rings. The molecule has 1 N–H and O–H groups in total. The van der Waals surface area contributed by atoms with E-state index in [4.69, 9.17) is 14.2 Å². The second-order valence-corrected chi connectivity index (χ2v) is 10.4. The van der Waals surface area contributed by atoms with Crippen LogP contribution in [-0.2, 0) is 9.53 Å². The summed E-state index contributed by atoms with van der Waals surface area (Å²) in [4.78, 5) is 36.8. The Morgan fingerprint density at radius 1 is 1.10 bits per heavy atom. The highest BCUT2D eigenvalue weighted by molar-refractivity contribution is 7.99. The number of thioether (sulfide) groups is 1. The number of para-hydroxylation sites is 1. The Morgan fingerprint density at radius 3 is 2.67 bits per heavy atom. The van der Waals surface area contributed by atoms with Gasteiger partial charge in [0.25, 0.3) is 0 Å². The van der Waals surface area contributed by atoms with Gasteiger partial charge in [-0.15, -0.1) is 10.2 Å². The zero-order valence-electron chi connectivity index (χ0n) is 21.4. The van der Waals surface area contributed by atoms with E-state index in [1.54, 1.807) is 12.0 Å². The van der Waals surface area contributed by atoms with E-state index in [-0.39, 0.29) is 36.5 Å². The van der Waals surface area contributed by atoms with Crippen LogP contribution in [0.3, 0.4) is 0 Å². The van der Waals surface area contributed by atoms with Crippen LogP contribution in [0.1, 0.15) is 12.8 Å². The second-order valence-electron chi connectivity index (χ2n) is 9.51. The number of piperidine rings is 1. The first-order valence-electron chi connectivity index (χ1n) is 12.8. The van der Waals surface area contributed by atoms with Gasteiger partial charge in [0.05, 0.1) is 19.4 Å². The molecule has 2 aromatic heterocycles. The van der Waals surface area contributed by atoms with Crippen LogP contribution >= 0.6 is 11.8 Å². The monoisotopic (exact) mass is 548 g/mol. The minimum Gasteiger partial charge on any atom is -0.497 e. The fourth-order valence-corrected chi connectivity index (χ4v) is 5.69. The maximum absolute atomic E-state index is 12.9. The number of nitrogens with zero attached hydrogens (tertiary/aromatic N) is 5. The molecule has 0 radical (unpaired) electrons. The van der Waals surface area contributed by atoms with Gasteiger partial charge in [0.1, 0.15) is 23.6 Å². The third kappa shape index (κ3) is 5.42. The molecule has 0 bridgehead atoms. The molecule has 2 amide bonds. The van der Waals surface area contributed by atoms with Crippen molar-refractivity contribution >= 4 is 45.8 Å². The molecule has 2 saturated heterocycles. The number of rotatable bonds is 8. The Labute approximate surface area is 228 Å². The molecule has 11 nitrogen and oxygen atoms in total. The van der Waals surface area contributed by atoms with E-state index in [9.17, 15) is 9.59 Å². The molecule has 2 aliphatic rings. The highest BCUT2D eigenvalue weighted by Gasteiger charge is 2.38. The number of nitrogens with one attached hydrogen (secondary N) is 1. The maximum Gasteiger partial charge on any atom is 0.410 e. The zero-order chi connectivity index (χ0) is 26.8. The number of likely N-dealkylation sites (tertiary alicyclic amines) is 1. The maximum atomic E-state index is 12.9. The van der Waals surface area contributed by atoms with Crippen LogP contribution in [0.15, 0.2) is 53.7 Å². The fraction of sp³-hybridized carbons (Fsp3) is 0.370. The number of hydrogen-bond donors (Lipinski definition) is 1. The predicted octanol–water partition coefficient (Wildman–Crippen LogP) is 3.50. The quantitative estimate of drug-likeness (QED) is 0.330. The molecular weight excluding hydrogens is 520 g/mol. The van der Waals surface area contributed by atoms with Gasteiger partial charge in [-0.3, -0.25) is 4.79 Å². The van der Waals surface area contributed by atoms with Crippen molar-refractivity contribution in [1.82, 2.24) is 30.0 Å². The summed E-state index contributed by atoms with van der Waals surface area (Å²) in [6, 6.07) is 15.2. The highest BCUT2D eigenvalue weighted by atomic mass is 32.2. The number of carbonyl (C=O) groups excluding carboxylic acids is 2. The Morgan fingerprint density at radius 2 is 1.87 bits per heavy atom. The summed E-state index contributed by atoms with van der Waals surface area (Å²) in [5.41, 5.74) is 2.33. The van der Waals surface area contributed by atoms with Crippen molar-refractivity contribution in [2.45, 2.75) is 30.1 Å². The minimum atomic E-state index is -0.334. The number of ether oxygens (including phenoxy) is 3. The molecule has 0 saturated carbocycles. The molecule has 2 aliphatic heterocycles. The summed E-state index contributed by atoms with van der Waals surface area (Å²) in [7, 11) is 1.61. The smallest absolute Gasteiger partial charge is 0.410 e. The van der Waals surface area contributed by atoms with E-state index < -0.39 is 0 Å². The zero-order valence-corrected chi connectivity index (χ0v) is 22.2. The Bertz CT molecular complexity index is 1490. The average molecular weight is 549 g/mol. The van der Waals surface area contributed by atoms with Gasteiger partial charge in [-0.2, -0.15) is 0 Å². The molecule has 4 heterocycles. The van der Waals surface area contributed by atoms with Gasteiger partial charge >= 0.3 is 6.09 Å². The first kappa shape index (κ1) is 25.2. The molecule has 2 aromatic carbocycles. The molecule has 2 fully saturated rings. The molecule has 12 heteroatoms. The first-order valence-corrected chi connectivity index (χ1v) is 13.8. The molecule has 1 unspecified atom stereocenters. The van der Waals surface area contributed by atoms with Gasteiger partial charge in [0, 0.05) is 30.0 Å². The lowest BCUT2D eigenvalue weighted by Gasteiger charge is -2.35. The number of fused-ring (bicyclic) bond motifs is 3. The normalized spacial score (nSPS) is 18.1. The number of H-pyrrole nitrogens is 1. The Balaban J connectivity index is 0.967. The SMILES string of the molecule is COc1ccc(OCC2CN(C3CCN(C(=O)CSc4nnc5c(n4)[nH]c4ccccc45)CC3)C(=O)O2)cc1. The van der Waals surface area contributed by atoms with Crippen molar-refractivity contribution < 1.29 is 23.8 Å². The summed E-state index contributed by atoms with van der Waals surface area (Å²) in [6.45, 7) is 1.93. The number of aromatic amines is 1. The highest BCUT2D eigenvalue weighted by Crippen LogP contribution is 2.26. The van der Waals surface area contributed by atoms with Gasteiger partial charge in [-0.05, 0) is 43.2 Å². The summed E-state index contributed by atoms with van der Waals surface area (Å²) in [6.07, 6.45) is 0.752. The number of cyclic esters (lactones) is 1. The fourth-order valence-electron chi connectivity index (χ4n) is 5.00. The predicted molar refractivity (Wildman–Crippen MR) is 145 cm³/mol. The molecule has 0 aliphatic carbocycles. The molecule has 6 rings (SSSR count). The number of amides is 2. The molecule has 1 atom stereocenters. The van der Waals surface area contributed by atoms with Crippen LogP contribution in [-0.4, -0.2) is 93.2 Å². The van der Waals surface area contributed by atoms with E-state index in [1.165, 1.54) is 11.8 Å². The van der Waals surface area contributed by atoms with E-state index >= 15 is 0 Å². The van der Waals surface area contributed by atoms with Crippen LogP contribution in [0.2, 0.25) is 0 Å². The van der Waals surface area contributed by atoms with Crippen molar-refractivity contribution in [3.05, 3.63) is 48.5 Å². The van der Waals surface area contributed by atoms with Gasteiger partial charge in [-0.25, -0.2) is 9.78 Å². The van der Waals surface area contributed by atoms with Crippen LogP contribution < -0.4 is 9.47 Å². The number of methoxy groups -OCH3 is 1. The number of benzene rings is 2. The summed E-state index contributed by atoms with van der Waals surface area (Å²) >= 11 is 1.28. The van der Waals surface area contributed by atoms with E-state index in [2.05, 4.69) is 20.2 Å². The van der Waals surface area contributed by atoms with Crippen LogP contribution in [0, 0.1) is 0 Å². The topological polar surface area (TPSA) is 123 Å². The van der Waals surface area contributed by atoms with Crippen LogP contribution in [0.25, 0.3) is 22.1 Å². The van der Waals surface area contributed by atoms with Crippen LogP contribution in [0.5, 0.6) is 11.5 Å². The van der Waals surface area contributed by atoms with Crippen molar-refractivity contribution in [3.63, 3.8) is 0 Å². The van der Waals surface area contributed by atoms with Gasteiger partial charge in [0.15, 0.2) is 11.8 Å². The molecular formula is C27H28N6O5S. The summed E-state index contributed by atoms with van der Waals surface area (Å²) in [5, 5.41) is 9.95. The second kappa shape index (κ2) is 11.0. The Hall–Kier alpha value is -4.06. The number of aromatic nitrogens is 4. The average Bonchev–Trinajstić information content (AvgIpc) is 3.54. The van der Waals surface area contributed by atoms with Crippen molar-refractivity contribution in [2.75, 3.05) is 39.1 Å². The molecule has 202 valence electrons. The van der Waals surface area contributed by atoms with E-state index in [0.29, 0.717) is 49.0 Å². The summed E-state index contributed by atoms with van der Waals surface area (Å²) < 4.78 is 16.5. The van der Waals surface area contributed by atoms with Gasteiger partial charge < -0.3 is 29.0 Å². The lowest BCUT2D eigenvalue weighted by atomic mass is 10.0. The standard InChI is InChI=1S/C27H28N6O5S/c1-36-18-6-8-19(9-7-18)37-15-20-14-33(27(35)38-20)17-10-12-32(13-11-17)23(34)16-39-26-29-25-24(30-31-26)21-4-2-3-5-22(21)28-25/h2-9,17,20H,10-16H2,1H3,(H,28,29,31). The minimum absolute atomic E-state index is 0.0218. The largest absolute Gasteiger partial charge is 0.497 e. The lowest BCUT2D eigenvalue weighted by Crippen LogP contribution is -2.47. The number of hydrogen-bond acceptors (Lipinski definition) is 9. The lowest BCUT2D eigenvalue weighted by molar-refractivity contribution is -0.129. The summed E-state index contributed by atoms with van der Waals surface area (Å²) in [5.74, 6) is 1.70. The molecule has 0 spiro atoms.